The van der Waals surface area contributed by atoms with Crippen LogP contribution in [0.2, 0.25) is 0 Å². The second-order valence-corrected chi connectivity index (χ2v) is 4.71. The fraction of sp³-hybridized carbons (Fsp3) is 0.538. The molecular formula is C13H18N2O. The zero-order chi connectivity index (χ0) is 11.6. The number of ketones is 1. The monoisotopic (exact) mass is 218 g/mol. The van der Waals surface area contributed by atoms with Crippen molar-refractivity contribution < 1.29 is 4.79 Å². The summed E-state index contributed by atoms with van der Waals surface area (Å²) in [4.78, 5) is 16.5. The van der Waals surface area contributed by atoms with E-state index in [2.05, 4.69) is 4.98 Å². The standard InChI is InChI=1S/C13H18N2O/c1-10-4-7-15-8-11(10)12(16)13(9-14)5-2-3-6-13/h4,7-8H,2-3,5-6,9,14H2,1H3. The van der Waals surface area contributed by atoms with Gasteiger partial charge in [0.2, 0.25) is 0 Å². The van der Waals surface area contributed by atoms with Crippen LogP contribution >= 0.6 is 0 Å². The molecule has 0 spiro atoms. The minimum atomic E-state index is -0.312. The third-order valence-electron chi connectivity index (χ3n) is 3.72. The van der Waals surface area contributed by atoms with Crippen LogP contribution in [0.25, 0.3) is 0 Å². The number of hydrogen-bond donors (Lipinski definition) is 1. The van der Waals surface area contributed by atoms with Gasteiger partial charge in [0.1, 0.15) is 0 Å². The van der Waals surface area contributed by atoms with Gasteiger partial charge in [-0.15, -0.1) is 0 Å². The van der Waals surface area contributed by atoms with E-state index in [1.165, 1.54) is 0 Å². The molecule has 1 aliphatic carbocycles. The number of carbonyl (C=O) groups is 1. The zero-order valence-corrected chi connectivity index (χ0v) is 9.70. The first-order valence-electron chi connectivity index (χ1n) is 5.85. The lowest BCUT2D eigenvalue weighted by atomic mass is 9.78. The molecule has 86 valence electrons. The first kappa shape index (κ1) is 11.3. The molecule has 3 nitrogen and oxygen atoms in total. The Bertz CT molecular complexity index is 395. The topological polar surface area (TPSA) is 56.0 Å². The zero-order valence-electron chi connectivity index (χ0n) is 9.70. The third kappa shape index (κ3) is 1.76. The normalized spacial score (nSPS) is 18.6. The van der Waals surface area contributed by atoms with Gasteiger partial charge in [0.25, 0.3) is 0 Å². The van der Waals surface area contributed by atoms with Gasteiger partial charge in [0, 0.05) is 29.9 Å². The van der Waals surface area contributed by atoms with E-state index in [9.17, 15) is 4.79 Å². The van der Waals surface area contributed by atoms with Crippen molar-refractivity contribution in [3.63, 3.8) is 0 Å². The first-order chi connectivity index (χ1) is 7.69. The molecule has 1 aromatic heterocycles. The summed E-state index contributed by atoms with van der Waals surface area (Å²) in [5, 5.41) is 0. The summed E-state index contributed by atoms with van der Waals surface area (Å²) in [6.07, 6.45) is 7.47. The van der Waals surface area contributed by atoms with Crippen LogP contribution in [0.3, 0.4) is 0 Å². The number of carbonyl (C=O) groups excluding carboxylic acids is 1. The highest BCUT2D eigenvalue weighted by atomic mass is 16.1. The molecule has 2 rings (SSSR count). The predicted molar refractivity (Wildman–Crippen MR) is 63.3 cm³/mol. The highest BCUT2D eigenvalue weighted by Gasteiger charge is 2.40. The number of aryl methyl sites for hydroxylation is 1. The van der Waals surface area contributed by atoms with E-state index in [1.54, 1.807) is 12.4 Å². The largest absolute Gasteiger partial charge is 0.329 e. The average Bonchev–Trinajstić information content (AvgIpc) is 2.78. The molecule has 0 bridgehead atoms. The van der Waals surface area contributed by atoms with Crippen LogP contribution in [0, 0.1) is 12.3 Å². The lowest BCUT2D eigenvalue weighted by molar-refractivity contribution is 0.0808. The lowest BCUT2D eigenvalue weighted by Gasteiger charge is -2.25. The summed E-state index contributed by atoms with van der Waals surface area (Å²) in [5.41, 5.74) is 7.25. The first-order valence-corrected chi connectivity index (χ1v) is 5.85. The van der Waals surface area contributed by atoms with E-state index in [1.807, 2.05) is 13.0 Å². The predicted octanol–water partition coefficient (Wildman–Crippen LogP) is 2.09. The fourth-order valence-corrected chi connectivity index (χ4v) is 2.56. The molecule has 0 unspecified atom stereocenters. The Hall–Kier alpha value is -1.22. The van der Waals surface area contributed by atoms with Gasteiger partial charge in [0.15, 0.2) is 5.78 Å². The number of aromatic nitrogens is 1. The Balaban J connectivity index is 2.34. The van der Waals surface area contributed by atoms with Gasteiger partial charge in [-0.25, -0.2) is 0 Å². The summed E-state index contributed by atoms with van der Waals surface area (Å²) < 4.78 is 0. The fourth-order valence-electron chi connectivity index (χ4n) is 2.56. The number of nitrogens with zero attached hydrogens (tertiary/aromatic N) is 1. The van der Waals surface area contributed by atoms with E-state index in [0.717, 1.165) is 36.8 Å². The molecule has 1 heterocycles. The molecule has 0 amide bonds. The van der Waals surface area contributed by atoms with Crippen LogP contribution in [0.5, 0.6) is 0 Å². The number of rotatable bonds is 3. The van der Waals surface area contributed by atoms with Crippen molar-refractivity contribution in [1.29, 1.82) is 0 Å². The smallest absolute Gasteiger partial charge is 0.172 e. The SMILES string of the molecule is Cc1ccncc1C(=O)C1(CN)CCCC1. The maximum atomic E-state index is 12.5. The van der Waals surface area contributed by atoms with E-state index in [4.69, 9.17) is 5.73 Å². The molecule has 0 aromatic carbocycles. The maximum Gasteiger partial charge on any atom is 0.172 e. The third-order valence-corrected chi connectivity index (χ3v) is 3.72. The van der Waals surface area contributed by atoms with E-state index in [-0.39, 0.29) is 11.2 Å². The number of nitrogens with two attached hydrogens (primary N) is 1. The van der Waals surface area contributed by atoms with Gasteiger partial charge in [0.05, 0.1) is 0 Å². The molecule has 0 radical (unpaired) electrons. The molecule has 1 aromatic rings. The second-order valence-electron chi connectivity index (χ2n) is 4.71. The van der Waals surface area contributed by atoms with Crippen molar-refractivity contribution in [3.05, 3.63) is 29.6 Å². The minimum absolute atomic E-state index is 0.193. The number of Topliss-reactive ketones (excluding diaryl/α,β-unsaturated/α-hetero) is 1. The number of hydrogen-bond acceptors (Lipinski definition) is 3. The van der Waals surface area contributed by atoms with Crippen molar-refractivity contribution in [3.8, 4) is 0 Å². The van der Waals surface area contributed by atoms with E-state index in [0.29, 0.717) is 6.54 Å². The molecule has 1 fully saturated rings. The van der Waals surface area contributed by atoms with Crippen LogP contribution in [-0.4, -0.2) is 17.3 Å². The maximum absolute atomic E-state index is 12.5. The van der Waals surface area contributed by atoms with Gasteiger partial charge < -0.3 is 5.73 Å². The van der Waals surface area contributed by atoms with Crippen molar-refractivity contribution in [1.82, 2.24) is 4.98 Å². The van der Waals surface area contributed by atoms with Gasteiger partial charge in [-0.2, -0.15) is 0 Å². The van der Waals surface area contributed by atoms with Gasteiger partial charge in [-0.1, -0.05) is 12.8 Å². The van der Waals surface area contributed by atoms with Crippen LogP contribution in [0.15, 0.2) is 18.5 Å². The summed E-state index contributed by atoms with van der Waals surface area (Å²) in [5.74, 6) is 0.193. The molecule has 2 N–H and O–H groups in total. The molecule has 0 saturated heterocycles. The summed E-state index contributed by atoms with van der Waals surface area (Å²) in [6.45, 7) is 2.41. The second kappa shape index (κ2) is 4.34. The van der Waals surface area contributed by atoms with Crippen molar-refractivity contribution >= 4 is 5.78 Å². The average molecular weight is 218 g/mol. The summed E-state index contributed by atoms with van der Waals surface area (Å²) >= 11 is 0. The van der Waals surface area contributed by atoms with Gasteiger partial charge in [-0.05, 0) is 31.4 Å². The number of pyridine rings is 1. The Morgan fingerprint density at radius 1 is 1.50 bits per heavy atom. The summed E-state index contributed by atoms with van der Waals surface area (Å²) in [7, 11) is 0. The van der Waals surface area contributed by atoms with Crippen LogP contribution in [0.4, 0.5) is 0 Å². The van der Waals surface area contributed by atoms with E-state index < -0.39 is 0 Å². The van der Waals surface area contributed by atoms with Crippen LogP contribution in [0.1, 0.15) is 41.6 Å². The van der Waals surface area contributed by atoms with Crippen molar-refractivity contribution in [2.24, 2.45) is 11.1 Å². The Kier molecular flexibility index (Phi) is 3.06. The lowest BCUT2D eigenvalue weighted by Crippen LogP contribution is -2.36. The van der Waals surface area contributed by atoms with E-state index >= 15 is 0 Å². The highest BCUT2D eigenvalue weighted by molar-refractivity contribution is 6.01. The van der Waals surface area contributed by atoms with Crippen LogP contribution < -0.4 is 5.73 Å². The van der Waals surface area contributed by atoms with Crippen LogP contribution in [-0.2, 0) is 0 Å². The molecule has 1 saturated carbocycles. The summed E-state index contributed by atoms with van der Waals surface area (Å²) in [6, 6.07) is 1.88. The quantitative estimate of drug-likeness (QED) is 0.790. The van der Waals surface area contributed by atoms with Gasteiger partial charge >= 0.3 is 0 Å². The van der Waals surface area contributed by atoms with Crippen molar-refractivity contribution in [2.75, 3.05) is 6.54 Å². The molecular weight excluding hydrogens is 200 g/mol. The Morgan fingerprint density at radius 2 is 2.19 bits per heavy atom. The molecule has 3 heteroatoms. The molecule has 0 atom stereocenters. The Labute approximate surface area is 96.1 Å². The molecule has 0 aliphatic heterocycles. The van der Waals surface area contributed by atoms with Crippen molar-refractivity contribution in [2.45, 2.75) is 32.6 Å². The highest BCUT2D eigenvalue weighted by Crippen LogP contribution is 2.40. The van der Waals surface area contributed by atoms with Gasteiger partial charge in [-0.3, -0.25) is 9.78 Å². The minimum Gasteiger partial charge on any atom is -0.329 e. The Morgan fingerprint density at radius 3 is 2.75 bits per heavy atom. The molecule has 16 heavy (non-hydrogen) atoms. The molecule has 1 aliphatic rings.